The number of aliphatic imine (C=N–C) groups is 1. The van der Waals surface area contributed by atoms with E-state index >= 15 is 0 Å². The summed E-state index contributed by atoms with van der Waals surface area (Å²) >= 11 is 1.78. The average molecular weight is 821 g/mol. The monoisotopic (exact) mass is 820 g/mol. The number of anilines is 2. The van der Waals surface area contributed by atoms with Gasteiger partial charge in [0.05, 0.1) is 18.3 Å². The van der Waals surface area contributed by atoms with E-state index in [2.05, 4.69) is 110 Å². The third kappa shape index (κ3) is 7.33. The van der Waals surface area contributed by atoms with Gasteiger partial charge in [0.1, 0.15) is 28.9 Å². The predicted octanol–water partition coefficient (Wildman–Crippen LogP) is 9.23. The standard InChI is InChI=1S/C49H56N8O2S/c1-5-35-6-7-38-28-41(58)16-17-42(38)46(35)36-8-12-39(13-9-36)55-21-18-34(19-22-55)30-54-23-25-56(26-24-54)40-14-10-37(11-15-40)47-45-31(2)32(3)60-49(45)57-33(4)52-53-48(57)43(51-47)29-44-50-20-27-59-44/h8-17,20,27-28,34-35,43,46,58H,5-7,18-19,21-26,29-30H2,1-4H3/t35-,43-,46+/m1/s1. The number of phenolic OH excluding ortho intramolecular Hbond substituents is 1. The summed E-state index contributed by atoms with van der Waals surface area (Å²) < 4.78 is 7.87. The molecule has 0 radical (unpaired) electrons. The Bertz CT molecular complexity index is 2470. The minimum absolute atomic E-state index is 0.275. The Labute approximate surface area is 357 Å². The third-order valence-electron chi connectivity index (χ3n) is 14.0. The van der Waals surface area contributed by atoms with Gasteiger partial charge in [0, 0.05) is 79.1 Å². The lowest BCUT2D eigenvalue weighted by atomic mass is 9.71. The molecule has 11 heteroatoms. The van der Waals surface area contributed by atoms with E-state index in [1.165, 1.54) is 70.7 Å². The number of piperazine rings is 1. The highest BCUT2D eigenvalue weighted by molar-refractivity contribution is 7.15. The van der Waals surface area contributed by atoms with Crippen LogP contribution >= 0.6 is 11.3 Å². The molecule has 0 amide bonds. The van der Waals surface area contributed by atoms with Crippen LogP contribution in [0, 0.1) is 32.6 Å². The van der Waals surface area contributed by atoms with E-state index in [1.54, 1.807) is 23.8 Å². The second kappa shape index (κ2) is 16.3. The number of nitrogens with zero attached hydrogens (tertiary/aromatic N) is 8. The third-order valence-corrected chi connectivity index (χ3v) is 15.2. The molecule has 10 nitrogen and oxygen atoms in total. The van der Waals surface area contributed by atoms with Crippen LogP contribution in [0.25, 0.3) is 5.00 Å². The predicted molar refractivity (Wildman–Crippen MR) is 241 cm³/mol. The molecule has 3 atom stereocenters. The summed E-state index contributed by atoms with van der Waals surface area (Å²) in [7, 11) is 0. The maximum Gasteiger partial charge on any atom is 0.196 e. The minimum atomic E-state index is -0.275. The van der Waals surface area contributed by atoms with Crippen molar-refractivity contribution < 1.29 is 9.52 Å². The van der Waals surface area contributed by atoms with E-state index in [0.29, 0.717) is 29.9 Å². The molecule has 60 heavy (non-hydrogen) atoms. The number of aromatic hydroxyl groups is 1. The van der Waals surface area contributed by atoms with Crippen molar-refractivity contribution in [2.75, 3.05) is 55.6 Å². The van der Waals surface area contributed by atoms with Crippen molar-refractivity contribution in [3.8, 4) is 10.8 Å². The molecule has 2 fully saturated rings. The number of aromatic nitrogens is 4. The first-order valence-electron chi connectivity index (χ1n) is 22.0. The summed E-state index contributed by atoms with van der Waals surface area (Å²) in [6.07, 6.45) is 9.72. The highest BCUT2D eigenvalue weighted by Crippen LogP contribution is 2.44. The molecule has 0 saturated carbocycles. The van der Waals surface area contributed by atoms with Gasteiger partial charge < -0.3 is 19.3 Å². The Morgan fingerprint density at radius 2 is 1.57 bits per heavy atom. The molecule has 310 valence electrons. The fraction of sp³-hybridized carbons (Fsp3) is 0.429. The zero-order valence-electron chi connectivity index (χ0n) is 35.3. The Morgan fingerprint density at radius 1 is 0.833 bits per heavy atom. The normalized spacial score (nSPS) is 21.0. The number of hydrogen-bond donors (Lipinski definition) is 1. The lowest BCUT2D eigenvalue weighted by molar-refractivity contribution is 0.201. The average Bonchev–Trinajstić information content (AvgIpc) is 3.99. The van der Waals surface area contributed by atoms with Gasteiger partial charge in [-0.15, -0.1) is 21.5 Å². The molecule has 0 spiro atoms. The van der Waals surface area contributed by atoms with Crippen LogP contribution in [0.5, 0.6) is 5.75 Å². The molecule has 6 aromatic rings. The molecule has 6 heterocycles. The summed E-state index contributed by atoms with van der Waals surface area (Å²) in [5.41, 5.74) is 11.3. The lowest BCUT2D eigenvalue weighted by Gasteiger charge is -2.40. The van der Waals surface area contributed by atoms with E-state index in [0.717, 1.165) is 85.1 Å². The topological polar surface area (TPSA) is 99.1 Å². The van der Waals surface area contributed by atoms with Gasteiger partial charge in [-0.25, -0.2) is 4.98 Å². The fourth-order valence-electron chi connectivity index (χ4n) is 10.5. The van der Waals surface area contributed by atoms with Crippen LogP contribution in [0.2, 0.25) is 0 Å². The number of phenols is 1. The molecule has 3 aromatic carbocycles. The van der Waals surface area contributed by atoms with Gasteiger partial charge >= 0.3 is 0 Å². The van der Waals surface area contributed by atoms with Gasteiger partial charge in [0.15, 0.2) is 11.7 Å². The van der Waals surface area contributed by atoms with Crippen LogP contribution < -0.4 is 9.80 Å². The second-order valence-corrected chi connectivity index (χ2v) is 18.7. The second-order valence-electron chi connectivity index (χ2n) is 17.5. The Morgan fingerprint density at radius 3 is 2.28 bits per heavy atom. The molecule has 3 aliphatic heterocycles. The first-order chi connectivity index (χ1) is 29.3. The molecule has 2 saturated heterocycles. The molecule has 1 N–H and O–H groups in total. The van der Waals surface area contributed by atoms with Gasteiger partial charge in [-0.2, -0.15) is 0 Å². The summed E-state index contributed by atoms with van der Waals surface area (Å²) in [5.74, 6) is 4.50. The molecule has 3 aromatic heterocycles. The van der Waals surface area contributed by atoms with Crippen molar-refractivity contribution in [1.82, 2.24) is 24.6 Å². The first kappa shape index (κ1) is 38.9. The van der Waals surface area contributed by atoms with Crippen molar-refractivity contribution in [2.24, 2.45) is 16.8 Å². The Balaban J connectivity index is 0.760. The quantitative estimate of drug-likeness (QED) is 0.154. The molecular weight excluding hydrogens is 765 g/mol. The smallest absolute Gasteiger partial charge is 0.196 e. The molecule has 0 unspecified atom stereocenters. The first-order valence-corrected chi connectivity index (χ1v) is 22.9. The SMILES string of the molecule is CC[C@@H]1CCc2cc(O)ccc2[C@@H]1c1ccc(N2CCC(CN3CCN(c4ccc(C5=N[C@H](Cc6ncco6)c6nnc(C)n6-c6sc(C)c(C)c65)cc4)CC3)CC2)cc1. The lowest BCUT2D eigenvalue weighted by Crippen LogP contribution is -2.49. The molecule has 1 aliphatic carbocycles. The summed E-state index contributed by atoms with van der Waals surface area (Å²) in [6.45, 7) is 16.4. The van der Waals surface area contributed by atoms with Gasteiger partial charge in [0.2, 0.25) is 0 Å². The van der Waals surface area contributed by atoms with E-state index < -0.39 is 0 Å². The molecule has 0 bridgehead atoms. The van der Waals surface area contributed by atoms with E-state index in [-0.39, 0.29) is 6.04 Å². The van der Waals surface area contributed by atoms with Gasteiger partial charge in [-0.3, -0.25) is 14.5 Å². The van der Waals surface area contributed by atoms with Crippen molar-refractivity contribution >= 4 is 28.4 Å². The number of hydrogen-bond acceptors (Lipinski definition) is 10. The maximum atomic E-state index is 10.1. The van der Waals surface area contributed by atoms with Gasteiger partial charge in [-0.1, -0.05) is 43.7 Å². The van der Waals surface area contributed by atoms with Crippen molar-refractivity contribution in [3.63, 3.8) is 0 Å². The van der Waals surface area contributed by atoms with Crippen LogP contribution in [0.4, 0.5) is 11.4 Å². The van der Waals surface area contributed by atoms with E-state index in [9.17, 15) is 5.11 Å². The summed E-state index contributed by atoms with van der Waals surface area (Å²) in [6, 6.07) is 24.3. The minimum Gasteiger partial charge on any atom is -0.508 e. The van der Waals surface area contributed by atoms with Crippen molar-refractivity contribution in [2.45, 2.75) is 78.2 Å². The van der Waals surface area contributed by atoms with Crippen LogP contribution in [0.3, 0.4) is 0 Å². The zero-order chi connectivity index (χ0) is 40.9. The summed E-state index contributed by atoms with van der Waals surface area (Å²) in [4.78, 5) is 19.0. The van der Waals surface area contributed by atoms with Crippen LogP contribution in [-0.2, 0) is 12.8 Å². The zero-order valence-corrected chi connectivity index (χ0v) is 36.2. The van der Waals surface area contributed by atoms with Gasteiger partial charge in [-0.05, 0) is 117 Å². The summed E-state index contributed by atoms with van der Waals surface area (Å²) in [5, 5.41) is 20.4. The Hall–Kier alpha value is -5.26. The van der Waals surface area contributed by atoms with Gasteiger partial charge in [0.25, 0.3) is 0 Å². The molecule has 4 aliphatic rings. The number of thiophene rings is 1. The number of oxazole rings is 1. The number of benzene rings is 3. The van der Waals surface area contributed by atoms with Crippen LogP contribution in [-0.4, -0.2) is 81.3 Å². The number of piperidine rings is 1. The number of aryl methyl sites for hydroxylation is 3. The highest BCUT2D eigenvalue weighted by Gasteiger charge is 2.33. The molecular formula is C49H56N8O2S. The molecule has 10 rings (SSSR count). The highest BCUT2D eigenvalue weighted by atomic mass is 32.1. The van der Waals surface area contributed by atoms with Crippen LogP contribution in [0.15, 0.2) is 88.6 Å². The van der Waals surface area contributed by atoms with Crippen molar-refractivity contribution in [1.29, 1.82) is 0 Å². The maximum absolute atomic E-state index is 10.1. The fourth-order valence-corrected chi connectivity index (χ4v) is 11.7. The van der Waals surface area contributed by atoms with E-state index in [4.69, 9.17) is 9.41 Å². The largest absolute Gasteiger partial charge is 0.508 e. The number of fused-ring (bicyclic) bond motifs is 4. The van der Waals surface area contributed by atoms with E-state index in [1.807, 2.05) is 19.1 Å². The Kier molecular flexibility index (Phi) is 10.6. The number of rotatable bonds is 9. The van der Waals surface area contributed by atoms with Crippen LogP contribution in [0.1, 0.15) is 100 Å². The van der Waals surface area contributed by atoms with Crippen molar-refractivity contribution in [3.05, 3.63) is 135 Å².